The Morgan fingerprint density at radius 1 is 1.08 bits per heavy atom. The van der Waals surface area contributed by atoms with Gasteiger partial charge in [0.25, 0.3) is 5.91 Å². The Bertz CT molecular complexity index is 629. The molecule has 26 heavy (non-hydrogen) atoms. The third kappa shape index (κ3) is 4.10. The lowest BCUT2D eigenvalue weighted by molar-refractivity contribution is -0.140. The highest BCUT2D eigenvalue weighted by Gasteiger charge is 2.36. The van der Waals surface area contributed by atoms with E-state index >= 15 is 0 Å². The molecule has 0 spiro atoms. The van der Waals surface area contributed by atoms with Crippen LogP contribution in [-0.4, -0.2) is 85.0 Å². The average molecular weight is 361 g/mol. The van der Waals surface area contributed by atoms with Crippen LogP contribution in [0.15, 0.2) is 22.8 Å². The zero-order valence-corrected chi connectivity index (χ0v) is 15.1. The average Bonchev–Trinajstić information content (AvgIpc) is 3.41. The maximum Gasteiger partial charge on any atom is 0.289 e. The third-order valence-electron chi connectivity index (χ3n) is 5.45. The summed E-state index contributed by atoms with van der Waals surface area (Å²) < 4.78 is 11.1. The molecule has 2 amide bonds. The molecule has 1 aromatic rings. The fraction of sp³-hybridized carbons (Fsp3) is 0.684. The molecular formula is C19H27N3O4. The monoisotopic (exact) mass is 361 g/mol. The molecule has 1 saturated carbocycles. The van der Waals surface area contributed by atoms with Crippen molar-refractivity contribution in [3.63, 3.8) is 0 Å². The second-order valence-corrected chi connectivity index (χ2v) is 7.47. The summed E-state index contributed by atoms with van der Waals surface area (Å²) in [6, 6.07) is 3.46. The molecule has 3 fully saturated rings. The van der Waals surface area contributed by atoms with Gasteiger partial charge in [-0.05, 0) is 37.9 Å². The molecule has 7 nitrogen and oxygen atoms in total. The van der Waals surface area contributed by atoms with E-state index in [1.807, 2.05) is 9.80 Å². The molecule has 2 saturated heterocycles. The molecule has 7 heteroatoms. The van der Waals surface area contributed by atoms with Gasteiger partial charge in [0, 0.05) is 45.2 Å². The second-order valence-electron chi connectivity index (χ2n) is 7.47. The Hall–Kier alpha value is -1.86. The summed E-state index contributed by atoms with van der Waals surface area (Å²) in [5, 5.41) is 0. The molecular weight excluding hydrogens is 334 g/mol. The van der Waals surface area contributed by atoms with E-state index in [2.05, 4.69) is 4.90 Å². The SMILES string of the molecule is O=C(c1ccco1)N1CCCN(CC2CN(C(=O)C3CC3)CCO2)CC1. The quantitative estimate of drug-likeness (QED) is 0.802. The molecule has 1 atom stereocenters. The molecule has 0 radical (unpaired) electrons. The minimum atomic E-state index is -0.0352. The number of nitrogens with zero attached hydrogens (tertiary/aromatic N) is 3. The summed E-state index contributed by atoms with van der Waals surface area (Å²) in [7, 11) is 0. The fourth-order valence-electron chi connectivity index (χ4n) is 3.82. The van der Waals surface area contributed by atoms with Gasteiger partial charge < -0.3 is 19.0 Å². The lowest BCUT2D eigenvalue weighted by atomic mass is 10.2. The number of hydrogen-bond acceptors (Lipinski definition) is 5. The molecule has 0 N–H and O–H groups in total. The van der Waals surface area contributed by atoms with Gasteiger partial charge in [-0.25, -0.2) is 0 Å². The molecule has 0 bridgehead atoms. The van der Waals surface area contributed by atoms with Crippen molar-refractivity contribution in [1.29, 1.82) is 0 Å². The Kier molecular flexibility index (Phi) is 5.26. The molecule has 1 aromatic heterocycles. The topological polar surface area (TPSA) is 66.2 Å². The van der Waals surface area contributed by atoms with Crippen molar-refractivity contribution in [2.75, 3.05) is 52.4 Å². The van der Waals surface area contributed by atoms with Gasteiger partial charge in [-0.15, -0.1) is 0 Å². The Labute approximate surface area is 153 Å². The smallest absolute Gasteiger partial charge is 0.289 e. The van der Waals surface area contributed by atoms with E-state index in [1.54, 1.807) is 12.1 Å². The first-order valence-corrected chi connectivity index (χ1v) is 9.66. The number of morpholine rings is 1. The number of amides is 2. The summed E-state index contributed by atoms with van der Waals surface area (Å²) in [6.45, 7) is 6.06. The van der Waals surface area contributed by atoms with Crippen LogP contribution in [0, 0.1) is 5.92 Å². The number of carbonyl (C=O) groups is 2. The van der Waals surface area contributed by atoms with Crippen molar-refractivity contribution in [3.05, 3.63) is 24.2 Å². The van der Waals surface area contributed by atoms with Crippen molar-refractivity contribution in [2.45, 2.75) is 25.4 Å². The number of ether oxygens (including phenoxy) is 1. The normalized spacial score (nSPS) is 25.2. The molecule has 142 valence electrons. The molecule has 2 aliphatic heterocycles. The molecule has 1 aliphatic carbocycles. The minimum Gasteiger partial charge on any atom is -0.459 e. The number of carbonyl (C=O) groups excluding carboxylic acids is 2. The summed E-state index contributed by atoms with van der Waals surface area (Å²) in [5.74, 6) is 0.952. The van der Waals surface area contributed by atoms with E-state index in [9.17, 15) is 9.59 Å². The van der Waals surface area contributed by atoms with E-state index in [0.717, 1.165) is 52.0 Å². The first kappa shape index (κ1) is 17.5. The Balaban J connectivity index is 1.27. The van der Waals surface area contributed by atoms with Crippen LogP contribution in [0.4, 0.5) is 0 Å². The van der Waals surface area contributed by atoms with Crippen LogP contribution in [0.5, 0.6) is 0 Å². The van der Waals surface area contributed by atoms with E-state index in [-0.39, 0.29) is 17.9 Å². The number of rotatable bonds is 4. The Morgan fingerprint density at radius 3 is 2.73 bits per heavy atom. The van der Waals surface area contributed by atoms with Crippen LogP contribution in [0.1, 0.15) is 29.8 Å². The lowest BCUT2D eigenvalue weighted by Gasteiger charge is -2.35. The van der Waals surface area contributed by atoms with Gasteiger partial charge in [0.1, 0.15) is 0 Å². The molecule has 3 aliphatic rings. The van der Waals surface area contributed by atoms with E-state index in [1.165, 1.54) is 6.26 Å². The van der Waals surface area contributed by atoms with Gasteiger partial charge in [0.2, 0.25) is 5.91 Å². The van der Waals surface area contributed by atoms with Crippen molar-refractivity contribution in [3.8, 4) is 0 Å². The summed E-state index contributed by atoms with van der Waals surface area (Å²) in [6.07, 6.45) is 4.63. The second kappa shape index (κ2) is 7.80. The minimum absolute atomic E-state index is 0.0352. The van der Waals surface area contributed by atoms with Crippen LogP contribution >= 0.6 is 0 Å². The van der Waals surface area contributed by atoms with Gasteiger partial charge in [-0.2, -0.15) is 0 Å². The van der Waals surface area contributed by atoms with Crippen LogP contribution in [0.3, 0.4) is 0 Å². The standard InChI is InChI=1S/C19H27N3O4/c23-18(15-4-5-15)22-10-12-25-16(14-22)13-20-6-2-7-21(9-8-20)19(24)17-3-1-11-26-17/h1,3,11,15-16H,2,4-10,12-14H2. The van der Waals surface area contributed by atoms with Crippen LogP contribution < -0.4 is 0 Å². The molecule has 1 unspecified atom stereocenters. The number of furan rings is 1. The summed E-state index contributed by atoms with van der Waals surface area (Å²) >= 11 is 0. The van der Waals surface area contributed by atoms with Crippen LogP contribution in [-0.2, 0) is 9.53 Å². The van der Waals surface area contributed by atoms with E-state index < -0.39 is 0 Å². The number of hydrogen-bond donors (Lipinski definition) is 0. The maximum absolute atomic E-state index is 12.4. The predicted molar refractivity (Wildman–Crippen MR) is 94.7 cm³/mol. The van der Waals surface area contributed by atoms with Crippen LogP contribution in [0.2, 0.25) is 0 Å². The van der Waals surface area contributed by atoms with Crippen molar-refractivity contribution >= 4 is 11.8 Å². The summed E-state index contributed by atoms with van der Waals surface area (Å²) in [5.41, 5.74) is 0. The lowest BCUT2D eigenvalue weighted by Crippen LogP contribution is -2.50. The van der Waals surface area contributed by atoms with E-state index in [4.69, 9.17) is 9.15 Å². The largest absolute Gasteiger partial charge is 0.459 e. The van der Waals surface area contributed by atoms with E-state index in [0.29, 0.717) is 31.4 Å². The van der Waals surface area contributed by atoms with Gasteiger partial charge in [0.15, 0.2) is 5.76 Å². The molecule has 4 rings (SSSR count). The van der Waals surface area contributed by atoms with Gasteiger partial charge in [-0.3, -0.25) is 14.5 Å². The zero-order valence-electron chi connectivity index (χ0n) is 15.1. The molecule has 0 aromatic carbocycles. The first-order chi connectivity index (χ1) is 12.7. The van der Waals surface area contributed by atoms with Crippen LogP contribution in [0.25, 0.3) is 0 Å². The highest BCUT2D eigenvalue weighted by atomic mass is 16.5. The highest BCUT2D eigenvalue weighted by molar-refractivity contribution is 5.91. The van der Waals surface area contributed by atoms with Crippen molar-refractivity contribution < 1.29 is 18.7 Å². The maximum atomic E-state index is 12.4. The van der Waals surface area contributed by atoms with Gasteiger partial charge in [0.05, 0.1) is 19.0 Å². The Morgan fingerprint density at radius 2 is 1.96 bits per heavy atom. The van der Waals surface area contributed by atoms with Crippen molar-refractivity contribution in [2.24, 2.45) is 5.92 Å². The fourth-order valence-corrected chi connectivity index (χ4v) is 3.82. The third-order valence-corrected chi connectivity index (χ3v) is 5.45. The highest BCUT2D eigenvalue weighted by Crippen LogP contribution is 2.31. The summed E-state index contributed by atoms with van der Waals surface area (Å²) in [4.78, 5) is 30.9. The first-order valence-electron chi connectivity index (χ1n) is 9.66. The van der Waals surface area contributed by atoms with Gasteiger partial charge >= 0.3 is 0 Å². The zero-order chi connectivity index (χ0) is 17.9. The predicted octanol–water partition coefficient (Wildman–Crippen LogP) is 1.06. The molecule has 3 heterocycles. The van der Waals surface area contributed by atoms with Crippen molar-refractivity contribution in [1.82, 2.24) is 14.7 Å². The van der Waals surface area contributed by atoms with Gasteiger partial charge in [-0.1, -0.05) is 0 Å².